The minimum absolute atomic E-state index is 0.00965. The Morgan fingerprint density at radius 1 is 1.00 bits per heavy atom. The third-order valence-electron chi connectivity index (χ3n) is 3.94. The second-order valence-electron chi connectivity index (χ2n) is 5.84. The molecule has 0 atom stereocenters. The number of thiophene rings is 1. The Morgan fingerprint density at radius 2 is 1.80 bits per heavy atom. The van der Waals surface area contributed by atoms with E-state index in [2.05, 4.69) is 11.4 Å². The number of aromatic nitrogens is 1. The van der Waals surface area contributed by atoms with E-state index in [4.69, 9.17) is 0 Å². The molecule has 3 aromatic rings. The number of pyridine rings is 1. The third-order valence-corrected chi connectivity index (χ3v) is 4.88. The maximum Gasteiger partial charge on any atom is 0.250 e. The zero-order chi connectivity index (χ0) is 17.5. The van der Waals surface area contributed by atoms with Crippen LogP contribution < -0.4 is 10.9 Å². The van der Waals surface area contributed by atoms with E-state index >= 15 is 0 Å². The lowest BCUT2D eigenvalue weighted by Gasteiger charge is -2.08. The molecule has 4 nitrogen and oxygen atoms in total. The zero-order valence-corrected chi connectivity index (χ0v) is 14.7. The molecule has 0 unspecified atom stereocenters. The monoisotopic (exact) mass is 352 g/mol. The fraction of sp³-hybridized carbons (Fsp3) is 0.200. The molecule has 1 amide bonds. The van der Waals surface area contributed by atoms with Crippen molar-refractivity contribution in [2.24, 2.45) is 0 Å². The van der Waals surface area contributed by atoms with Crippen LogP contribution >= 0.6 is 11.3 Å². The van der Waals surface area contributed by atoms with E-state index in [-0.39, 0.29) is 11.5 Å². The molecule has 0 saturated heterocycles. The van der Waals surface area contributed by atoms with Gasteiger partial charge in [0.25, 0.3) is 5.56 Å². The topological polar surface area (TPSA) is 51.1 Å². The molecule has 0 aliphatic carbocycles. The van der Waals surface area contributed by atoms with E-state index in [0.717, 1.165) is 17.5 Å². The van der Waals surface area contributed by atoms with E-state index in [9.17, 15) is 9.59 Å². The molecule has 0 spiro atoms. The molecule has 3 rings (SSSR count). The molecule has 128 valence electrons. The van der Waals surface area contributed by atoms with Crippen LogP contribution in [0.2, 0.25) is 0 Å². The molecular weight excluding hydrogens is 332 g/mol. The Hall–Kier alpha value is -2.66. The minimum Gasteiger partial charge on any atom is -0.352 e. The molecule has 2 heterocycles. The Bertz CT molecular complexity index is 867. The fourth-order valence-corrected chi connectivity index (χ4v) is 3.24. The van der Waals surface area contributed by atoms with Crippen LogP contribution in [-0.4, -0.2) is 10.5 Å². The highest BCUT2D eigenvalue weighted by Crippen LogP contribution is 2.11. The van der Waals surface area contributed by atoms with E-state index in [1.807, 2.05) is 41.8 Å². The summed E-state index contributed by atoms with van der Waals surface area (Å²) in [7, 11) is 0. The Kier molecular flexibility index (Phi) is 5.80. The van der Waals surface area contributed by atoms with E-state index in [1.54, 1.807) is 34.2 Å². The summed E-state index contributed by atoms with van der Waals surface area (Å²) >= 11 is 1.68. The van der Waals surface area contributed by atoms with Gasteiger partial charge in [-0.25, -0.2) is 0 Å². The summed E-state index contributed by atoms with van der Waals surface area (Å²) in [5.74, 6) is 0.0633. The van der Waals surface area contributed by atoms with Crippen LogP contribution in [-0.2, 0) is 24.3 Å². The first kappa shape index (κ1) is 17.2. The number of nitrogens with one attached hydrogen (secondary N) is 1. The molecule has 0 bridgehead atoms. The molecule has 5 heteroatoms. The van der Waals surface area contributed by atoms with Gasteiger partial charge in [0.2, 0.25) is 5.91 Å². The maximum atomic E-state index is 11.9. The lowest BCUT2D eigenvalue weighted by molar-refractivity contribution is -0.121. The summed E-state index contributed by atoms with van der Waals surface area (Å²) in [5, 5.41) is 4.98. The predicted molar refractivity (Wildman–Crippen MR) is 101 cm³/mol. The zero-order valence-electron chi connectivity index (χ0n) is 13.9. The van der Waals surface area contributed by atoms with Crippen LogP contribution in [0.5, 0.6) is 0 Å². The van der Waals surface area contributed by atoms with Crippen LogP contribution in [0.15, 0.2) is 71.0 Å². The molecule has 0 saturated carbocycles. The standard InChI is InChI=1S/C20H20N2O2S/c23-19(11-10-18-4-3-13-25-18)21-14-16-6-8-17(9-7-16)15-22-12-2-1-5-20(22)24/h1-9,12-13H,10-11,14-15H2,(H,21,23). The fourth-order valence-electron chi connectivity index (χ4n) is 2.53. The van der Waals surface area contributed by atoms with E-state index in [0.29, 0.717) is 19.5 Å². The van der Waals surface area contributed by atoms with Gasteiger partial charge in [-0.3, -0.25) is 9.59 Å². The third kappa shape index (κ3) is 5.16. The molecule has 25 heavy (non-hydrogen) atoms. The number of carbonyl (C=O) groups is 1. The number of carbonyl (C=O) groups excluding carboxylic acids is 1. The minimum atomic E-state index is -0.00965. The van der Waals surface area contributed by atoms with Crippen molar-refractivity contribution in [1.82, 2.24) is 9.88 Å². The van der Waals surface area contributed by atoms with Gasteiger partial charge in [0, 0.05) is 30.1 Å². The van der Waals surface area contributed by atoms with Crippen LogP contribution in [0.4, 0.5) is 0 Å². The number of hydrogen-bond donors (Lipinski definition) is 1. The van der Waals surface area contributed by atoms with Crippen molar-refractivity contribution in [3.8, 4) is 0 Å². The van der Waals surface area contributed by atoms with E-state index in [1.165, 1.54) is 4.88 Å². The molecule has 0 aliphatic heterocycles. The molecule has 1 aromatic carbocycles. The number of amides is 1. The van der Waals surface area contributed by atoms with Crippen LogP contribution in [0.3, 0.4) is 0 Å². The largest absolute Gasteiger partial charge is 0.352 e. The average molecular weight is 352 g/mol. The molecule has 1 N–H and O–H groups in total. The first-order valence-electron chi connectivity index (χ1n) is 8.23. The quantitative estimate of drug-likeness (QED) is 0.710. The maximum absolute atomic E-state index is 11.9. The van der Waals surface area contributed by atoms with Gasteiger partial charge in [0.05, 0.1) is 6.54 Å². The number of nitrogens with zero attached hydrogens (tertiary/aromatic N) is 1. The highest BCUT2D eigenvalue weighted by molar-refractivity contribution is 7.09. The van der Waals surface area contributed by atoms with Crippen molar-refractivity contribution in [3.05, 3.63) is 92.5 Å². The summed E-state index contributed by atoms with van der Waals surface area (Å²) in [5.41, 5.74) is 2.10. The van der Waals surface area contributed by atoms with Crippen LogP contribution in [0.1, 0.15) is 22.4 Å². The second kappa shape index (κ2) is 8.44. The molecule has 0 aliphatic rings. The van der Waals surface area contributed by atoms with Crippen LogP contribution in [0, 0.1) is 0 Å². The molecule has 0 radical (unpaired) electrons. The first-order chi connectivity index (χ1) is 12.2. The summed E-state index contributed by atoms with van der Waals surface area (Å²) in [4.78, 5) is 24.9. The number of hydrogen-bond acceptors (Lipinski definition) is 3. The van der Waals surface area contributed by atoms with Gasteiger partial charge >= 0.3 is 0 Å². The second-order valence-corrected chi connectivity index (χ2v) is 6.87. The number of aryl methyl sites for hydroxylation is 1. The average Bonchev–Trinajstić information content (AvgIpc) is 3.15. The van der Waals surface area contributed by atoms with Crippen molar-refractivity contribution in [3.63, 3.8) is 0 Å². The number of rotatable bonds is 7. The van der Waals surface area contributed by atoms with Crippen molar-refractivity contribution < 1.29 is 4.79 Å². The number of benzene rings is 1. The normalized spacial score (nSPS) is 10.6. The van der Waals surface area contributed by atoms with Gasteiger partial charge in [-0.2, -0.15) is 0 Å². The van der Waals surface area contributed by atoms with Gasteiger partial charge in [-0.15, -0.1) is 11.3 Å². The van der Waals surface area contributed by atoms with Crippen molar-refractivity contribution in [1.29, 1.82) is 0 Å². The van der Waals surface area contributed by atoms with Crippen molar-refractivity contribution in [2.75, 3.05) is 0 Å². The molecular formula is C20H20N2O2S. The lowest BCUT2D eigenvalue weighted by atomic mass is 10.1. The van der Waals surface area contributed by atoms with Gasteiger partial charge in [0.1, 0.15) is 0 Å². The Morgan fingerprint density at radius 3 is 2.52 bits per heavy atom. The summed E-state index contributed by atoms with van der Waals surface area (Å²) in [6.45, 7) is 1.07. The van der Waals surface area contributed by atoms with Gasteiger partial charge < -0.3 is 9.88 Å². The van der Waals surface area contributed by atoms with E-state index < -0.39 is 0 Å². The lowest BCUT2D eigenvalue weighted by Crippen LogP contribution is -2.23. The first-order valence-corrected chi connectivity index (χ1v) is 9.11. The predicted octanol–water partition coefficient (Wildman–Crippen LogP) is 3.21. The Labute approximate surface area is 150 Å². The van der Waals surface area contributed by atoms with Gasteiger partial charge in [-0.1, -0.05) is 36.4 Å². The molecule has 2 aromatic heterocycles. The smallest absolute Gasteiger partial charge is 0.250 e. The summed E-state index contributed by atoms with van der Waals surface area (Å²) < 4.78 is 1.67. The van der Waals surface area contributed by atoms with Crippen LogP contribution in [0.25, 0.3) is 0 Å². The summed E-state index contributed by atoms with van der Waals surface area (Å²) in [6, 6.07) is 17.2. The van der Waals surface area contributed by atoms with Crippen molar-refractivity contribution in [2.45, 2.75) is 25.9 Å². The Balaban J connectivity index is 1.48. The molecule has 0 fully saturated rings. The highest BCUT2D eigenvalue weighted by Gasteiger charge is 2.03. The van der Waals surface area contributed by atoms with Gasteiger partial charge in [-0.05, 0) is 35.1 Å². The van der Waals surface area contributed by atoms with Gasteiger partial charge in [0.15, 0.2) is 0 Å². The highest BCUT2D eigenvalue weighted by atomic mass is 32.1. The SMILES string of the molecule is O=C(CCc1cccs1)NCc1ccc(Cn2ccccc2=O)cc1. The van der Waals surface area contributed by atoms with Crippen molar-refractivity contribution >= 4 is 17.2 Å². The summed E-state index contributed by atoms with van der Waals surface area (Å²) in [6.07, 6.45) is 3.08.